The maximum absolute atomic E-state index is 12.9. The summed E-state index contributed by atoms with van der Waals surface area (Å²) >= 11 is 0. The molecule has 0 unspecified atom stereocenters. The van der Waals surface area contributed by atoms with Crippen molar-refractivity contribution in [3.05, 3.63) is 41.7 Å². The topological polar surface area (TPSA) is 67.7 Å². The van der Waals surface area contributed by atoms with Gasteiger partial charge in [-0.3, -0.25) is 0 Å². The van der Waals surface area contributed by atoms with Gasteiger partial charge in [-0.25, -0.2) is 4.98 Å². The van der Waals surface area contributed by atoms with E-state index in [1.165, 1.54) is 6.07 Å². The van der Waals surface area contributed by atoms with Gasteiger partial charge in [0.05, 0.1) is 11.9 Å². The fourth-order valence-electron chi connectivity index (χ4n) is 2.94. The van der Waals surface area contributed by atoms with E-state index >= 15 is 0 Å². The highest BCUT2D eigenvalue weighted by Crippen LogP contribution is 2.30. The lowest BCUT2D eigenvalue weighted by atomic mass is 10.1. The van der Waals surface area contributed by atoms with Crippen molar-refractivity contribution in [3.63, 3.8) is 0 Å². The Morgan fingerprint density at radius 2 is 2.00 bits per heavy atom. The normalized spacial score (nSPS) is 14.6. The molecule has 2 N–H and O–H groups in total. The molecule has 0 spiro atoms. The number of rotatable bonds is 6. The first-order valence-electron chi connectivity index (χ1n) is 9.22. The third-order valence-electron chi connectivity index (χ3n) is 4.60. The fraction of sp³-hybridized carbons (Fsp3) is 0.421. The Hall–Kier alpha value is -2.84. The minimum Gasteiger partial charge on any atom is -0.364 e. The van der Waals surface area contributed by atoms with E-state index in [1.54, 1.807) is 12.4 Å². The van der Waals surface area contributed by atoms with Crippen LogP contribution in [0.2, 0.25) is 0 Å². The molecule has 148 valence electrons. The second-order valence-corrected chi connectivity index (χ2v) is 7.28. The number of hydrogen-bond acceptors (Lipinski definition) is 5. The zero-order valence-corrected chi connectivity index (χ0v) is 15.6. The van der Waals surface area contributed by atoms with Gasteiger partial charge in [-0.2, -0.15) is 23.1 Å². The maximum Gasteiger partial charge on any atom is 0.416 e. The smallest absolute Gasteiger partial charge is 0.364 e. The van der Waals surface area contributed by atoms with Gasteiger partial charge in [0, 0.05) is 18.6 Å². The van der Waals surface area contributed by atoms with Gasteiger partial charge in [0.2, 0.25) is 5.95 Å². The Balaban J connectivity index is 1.64. The Morgan fingerprint density at radius 1 is 1.21 bits per heavy atom. The van der Waals surface area contributed by atoms with Crippen LogP contribution in [0.5, 0.6) is 0 Å². The van der Waals surface area contributed by atoms with Crippen molar-refractivity contribution in [2.24, 2.45) is 0 Å². The largest absolute Gasteiger partial charge is 0.416 e. The number of nitrogens with zero attached hydrogens (tertiary/aromatic N) is 4. The molecule has 1 saturated carbocycles. The highest BCUT2D eigenvalue weighted by atomic mass is 19.4. The van der Waals surface area contributed by atoms with Gasteiger partial charge < -0.3 is 15.2 Å². The molecule has 6 nitrogen and oxygen atoms in total. The number of alkyl halides is 3. The van der Waals surface area contributed by atoms with Crippen LogP contribution < -0.4 is 10.6 Å². The summed E-state index contributed by atoms with van der Waals surface area (Å²) in [5.41, 5.74) is 1.14. The Kier molecular flexibility index (Phi) is 4.60. The number of nitrogens with one attached hydrogen (secondary N) is 2. The van der Waals surface area contributed by atoms with E-state index in [4.69, 9.17) is 0 Å². The third kappa shape index (κ3) is 3.88. The molecule has 4 rings (SSSR count). The summed E-state index contributed by atoms with van der Waals surface area (Å²) < 4.78 is 40.8. The predicted octanol–water partition coefficient (Wildman–Crippen LogP) is 4.61. The molecule has 1 aliphatic rings. The quantitative estimate of drug-likeness (QED) is 0.643. The average molecular weight is 390 g/mol. The third-order valence-corrected chi connectivity index (χ3v) is 4.60. The van der Waals surface area contributed by atoms with Gasteiger partial charge in [0.15, 0.2) is 17.0 Å². The maximum atomic E-state index is 12.9. The molecular formula is C19H21F3N6. The van der Waals surface area contributed by atoms with E-state index in [0.717, 1.165) is 25.0 Å². The molecule has 0 radical (unpaired) electrons. The molecule has 0 bridgehead atoms. The second-order valence-electron chi connectivity index (χ2n) is 7.28. The van der Waals surface area contributed by atoms with Gasteiger partial charge >= 0.3 is 6.18 Å². The number of hydrogen-bond donors (Lipinski definition) is 2. The molecule has 28 heavy (non-hydrogen) atoms. The van der Waals surface area contributed by atoms with Gasteiger partial charge in [0.25, 0.3) is 0 Å². The Labute approximate surface area is 160 Å². The number of fused-ring (bicyclic) bond motifs is 1. The first-order chi connectivity index (χ1) is 13.3. The summed E-state index contributed by atoms with van der Waals surface area (Å²) in [7, 11) is 0. The van der Waals surface area contributed by atoms with Crippen molar-refractivity contribution < 1.29 is 13.2 Å². The molecule has 0 atom stereocenters. The number of imidazole rings is 1. The first kappa shape index (κ1) is 18.5. The van der Waals surface area contributed by atoms with Crippen LogP contribution >= 0.6 is 0 Å². The van der Waals surface area contributed by atoms with E-state index in [-0.39, 0.29) is 12.6 Å². The molecule has 2 heterocycles. The molecule has 2 aromatic heterocycles. The van der Waals surface area contributed by atoms with Crippen molar-refractivity contribution in [2.75, 3.05) is 10.6 Å². The Bertz CT molecular complexity index is 991. The molecule has 0 aliphatic heterocycles. The summed E-state index contributed by atoms with van der Waals surface area (Å²) in [4.78, 5) is 13.5. The minimum absolute atomic E-state index is 0.171. The predicted molar refractivity (Wildman–Crippen MR) is 101 cm³/mol. The van der Waals surface area contributed by atoms with E-state index < -0.39 is 11.7 Å². The van der Waals surface area contributed by atoms with E-state index in [0.29, 0.717) is 34.5 Å². The lowest BCUT2D eigenvalue weighted by Gasteiger charge is -2.12. The first-order valence-corrected chi connectivity index (χ1v) is 9.22. The van der Waals surface area contributed by atoms with Gasteiger partial charge in [-0.1, -0.05) is 12.1 Å². The number of aromatic nitrogens is 4. The van der Waals surface area contributed by atoms with Crippen LogP contribution in [-0.4, -0.2) is 25.6 Å². The number of halogens is 3. The van der Waals surface area contributed by atoms with Crippen LogP contribution in [0.4, 0.5) is 24.9 Å². The summed E-state index contributed by atoms with van der Waals surface area (Å²) in [6.45, 7) is 4.27. The zero-order valence-electron chi connectivity index (χ0n) is 15.6. The highest BCUT2D eigenvalue weighted by molar-refractivity contribution is 5.84. The molecule has 1 aliphatic carbocycles. The lowest BCUT2D eigenvalue weighted by molar-refractivity contribution is -0.137. The van der Waals surface area contributed by atoms with Crippen LogP contribution in [0.3, 0.4) is 0 Å². The van der Waals surface area contributed by atoms with Gasteiger partial charge in [0.1, 0.15) is 0 Å². The fourth-order valence-corrected chi connectivity index (χ4v) is 2.94. The van der Waals surface area contributed by atoms with E-state index in [1.807, 2.05) is 18.4 Å². The van der Waals surface area contributed by atoms with Crippen LogP contribution in [0.15, 0.2) is 30.6 Å². The van der Waals surface area contributed by atoms with E-state index in [9.17, 15) is 13.2 Å². The average Bonchev–Trinajstić information content (AvgIpc) is 3.34. The van der Waals surface area contributed by atoms with Crippen LogP contribution in [0.25, 0.3) is 11.2 Å². The molecule has 1 fully saturated rings. The molecule has 1 aromatic carbocycles. The summed E-state index contributed by atoms with van der Waals surface area (Å²) in [5.74, 6) is 1.01. The number of benzene rings is 1. The monoisotopic (exact) mass is 390 g/mol. The lowest BCUT2D eigenvalue weighted by Crippen LogP contribution is -2.11. The van der Waals surface area contributed by atoms with Crippen molar-refractivity contribution >= 4 is 22.9 Å². The SMILES string of the molecule is CC(C)n1cnc2c(NCc3cccc(C(F)(F)F)c3)nc(NC3CC3)nc21. The molecule has 9 heteroatoms. The second kappa shape index (κ2) is 6.96. The minimum atomic E-state index is -4.37. The molecule has 3 aromatic rings. The van der Waals surface area contributed by atoms with Gasteiger partial charge in [-0.15, -0.1) is 0 Å². The van der Waals surface area contributed by atoms with Crippen LogP contribution in [0.1, 0.15) is 43.9 Å². The zero-order chi connectivity index (χ0) is 19.9. The van der Waals surface area contributed by atoms with Crippen LogP contribution in [0, 0.1) is 0 Å². The summed E-state index contributed by atoms with van der Waals surface area (Å²) in [6.07, 6.45) is -0.494. The van der Waals surface area contributed by atoms with E-state index in [2.05, 4.69) is 25.6 Å². The molecular weight excluding hydrogens is 369 g/mol. The van der Waals surface area contributed by atoms with Crippen molar-refractivity contribution in [2.45, 2.75) is 51.5 Å². The highest BCUT2D eigenvalue weighted by Gasteiger charge is 2.30. The standard InChI is InChI=1S/C19H21F3N6/c1-11(2)28-10-24-15-16(26-18(27-17(15)28)25-14-6-7-14)23-9-12-4-3-5-13(8-12)19(20,21)22/h3-5,8,10-11,14H,6-7,9H2,1-2H3,(H2,23,25,26,27). The number of anilines is 2. The van der Waals surface area contributed by atoms with Crippen molar-refractivity contribution in [1.29, 1.82) is 0 Å². The van der Waals surface area contributed by atoms with Crippen LogP contribution in [-0.2, 0) is 12.7 Å². The van der Waals surface area contributed by atoms with Crippen molar-refractivity contribution in [3.8, 4) is 0 Å². The summed E-state index contributed by atoms with van der Waals surface area (Å²) in [5, 5.41) is 6.41. The Morgan fingerprint density at radius 3 is 2.68 bits per heavy atom. The molecule has 0 saturated heterocycles. The summed E-state index contributed by atoms with van der Waals surface area (Å²) in [6, 6.07) is 5.81. The van der Waals surface area contributed by atoms with Gasteiger partial charge in [-0.05, 0) is 44.4 Å². The molecule has 0 amide bonds. The van der Waals surface area contributed by atoms with Crippen molar-refractivity contribution in [1.82, 2.24) is 19.5 Å².